The summed E-state index contributed by atoms with van der Waals surface area (Å²) >= 11 is 0. The van der Waals surface area contributed by atoms with Crippen molar-refractivity contribution in [2.75, 3.05) is 0 Å². The number of H-pyrrole nitrogens is 1. The van der Waals surface area contributed by atoms with Gasteiger partial charge in [0.15, 0.2) is 0 Å². The topological polar surface area (TPSA) is 53.1 Å². The third-order valence-electron chi connectivity index (χ3n) is 1.81. The van der Waals surface area contributed by atoms with E-state index in [0.29, 0.717) is 10.9 Å². The molecule has 0 unspecified atom stereocenters. The molecule has 2 aromatic rings. The summed E-state index contributed by atoms with van der Waals surface area (Å²) in [6, 6.07) is 5.49. The van der Waals surface area contributed by atoms with E-state index in [0.717, 1.165) is 0 Å². The van der Waals surface area contributed by atoms with Gasteiger partial charge < -0.3 is 10.1 Å². The molecule has 0 saturated heterocycles. The first kappa shape index (κ1) is 10.5. The molecule has 2 rings (SSSR count). The predicted molar refractivity (Wildman–Crippen MR) is 52.5 cm³/mol. The number of fused-ring (bicyclic) bond motifs is 1. The summed E-state index contributed by atoms with van der Waals surface area (Å²) in [5, 5.41) is 9.20. The van der Waals surface area contributed by atoms with Crippen LogP contribution < -0.4 is 0 Å². The van der Waals surface area contributed by atoms with E-state index in [9.17, 15) is 9.18 Å². The number of carboxylic acids is 1. The van der Waals surface area contributed by atoms with E-state index < -0.39 is 5.97 Å². The number of aromatic amines is 1. The Labute approximate surface area is 85.0 Å². The quantitative estimate of drug-likeness (QED) is 0.768. The first-order valence-corrected chi connectivity index (χ1v) is 3.68. The SMILES string of the molecule is Cl.O=C(O)c1cc2cc(F)ccc2[nH]1. The van der Waals surface area contributed by atoms with Crippen LogP contribution in [0.25, 0.3) is 10.9 Å². The Morgan fingerprint density at radius 3 is 2.71 bits per heavy atom. The van der Waals surface area contributed by atoms with Crippen LogP contribution in [-0.2, 0) is 0 Å². The third-order valence-corrected chi connectivity index (χ3v) is 1.81. The molecule has 5 heteroatoms. The standard InChI is InChI=1S/C9H6FNO2.ClH/c10-6-1-2-7-5(3-6)4-8(11-7)9(12)13;/h1-4,11H,(H,12,13);1H. The van der Waals surface area contributed by atoms with E-state index in [1.54, 1.807) is 0 Å². The van der Waals surface area contributed by atoms with Crippen LogP contribution in [0, 0.1) is 5.82 Å². The Kier molecular flexibility index (Phi) is 2.76. The van der Waals surface area contributed by atoms with Gasteiger partial charge in [0.2, 0.25) is 0 Å². The molecule has 1 aromatic carbocycles. The zero-order valence-electron chi connectivity index (χ0n) is 6.95. The molecule has 0 fully saturated rings. The fraction of sp³-hybridized carbons (Fsp3) is 0. The minimum atomic E-state index is -1.04. The molecule has 0 saturated carbocycles. The fourth-order valence-corrected chi connectivity index (χ4v) is 1.22. The summed E-state index contributed by atoms with van der Waals surface area (Å²) in [4.78, 5) is 13.2. The van der Waals surface area contributed by atoms with Crippen LogP contribution in [0.4, 0.5) is 4.39 Å². The van der Waals surface area contributed by atoms with Crippen LogP contribution in [0.1, 0.15) is 10.5 Å². The first-order chi connectivity index (χ1) is 6.16. The maximum absolute atomic E-state index is 12.7. The summed E-state index contributed by atoms with van der Waals surface area (Å²) in [7, 11) is 0. The Morgan fingerprint density at radius 1 is 1.36 bits per heavy atom. The number of rotatable bonds is 1. The summed E-state index contributed by atoms with van der Waals surface area (Å²) in [6.45, 7) is 0. The number of hydrogen-bond donors (Lipinski definition) is 2. The molecule has 1 heterocycles. The number of nitrogens with one attached hydrogen (secondary N) is 1. The van der Waals surface area contributed by atoms with E-state index in [2.05, 4.69) is 4.98 Å². The Balaban J connectivity index is 0.000000980. The van der Waals surface area contributed by atoms with Crippen molar-refractivity contribution in [3.8, 4) is 0 Å². The minimum Gasteiger partial charge on any atom is -0.477 e. The van der Waals surface area contributed by atoms with Gasteiger partial charge in [0.05, 0.1) is 0 Å². The van der Waals surface area contributed by atoms with Crippen LogP contribution in [0.5, 0.6) is 0 Å². The smallest absolute Gasteiger partial charge is 0.352 e. The second-order valence-corrected chi connectivity index (χ2v) is 2.72. The number of carboxylic acid groups (broad SMARTS) is 1. The van der Waals surface area contributed by atoms with Crippen molar-refractivity contribution in [2.24, 2.45) is 0 Å². The van der Waals surface area contributed by atoms with Crippen LogP contribution in [0.3, 0.4) is 0 Å². The average Bonchev–Trinajstić information content (AvgIpc) is 2.46. The molecule has 1 aromatic heterocycles. The summed E-state index contributed by atoms with van der Waals surface area (Å²) in [5.74, 6) is -1.42. The van der Waals surface area contributed by atoms with Gasteiger partial charge in [-0.3, -0.25) is 0 Å². The lowest BCUT2D eigenvalue weighted by atomic mass is 10.2. The number of aromatic nitrogens is 1. The molecule has 0 aliphatic carbocycles. The molecule has 0 radical (unpaired) electrons. The highest BCUT2D eigenvalue weighted by atomic mass is 35.5. The highest BCUT2D eigenvalue weighted by Crippen LogP contribution is 2.16. The van der Waals surface area contributed by atoms with Gasteiger partial charge in [-0.15, -0.1) is 12.4 Å². The molecule has 0 bridgehead atoms. The van der Waals surface area contributed by atoms with Crippen LogP contribution in [0.2, 0.25) is 0 Å². The second kappa shape index (κ2) is 3.67. The zero-order chi connectivity index (χ0) is 9.42. The largest absolute Gasteiger partial charge is 0.477 e. The molecular formula is C9H7ClFNO2. The summed E-state index contributed by atoms with van der Waals surface area (Å²) < 4.78 is 12.7. The van der Waals surface area contributed by atoms with Gasteiger partial charge >= 0.3 is 5.97 Å². The van der Waals surface area contributed by atoms with Gasteiger partial charge in [0.1, 0.15) is 11.5 Å². The number of hydrogen-bond acceptors (Lipinski definition) is 1. The van der Waals surface area contributed by atoms with Crippen LogP contribution in [-0.4, -0.2) is 16.1 Å². The van der Waals surface area contributed by atoms with E-state index in [1.807, 2.05) is 0 Å². The summed E-state index contributed by atoms with van der Waals surface area (Å²) in [6.07, 6.45) is 0. The van der Waals surface area contributed by atoms with Gasteiger partial charge in [-0.05, 0) is 24.3 Å². The molecule has 0 aliphatic rings. The van der Waals surface area contributed by atoms with E-state index in [4.69, 9.17) is 5.11 Å². The molecule has 0 amide bonds. The van der Waals surface area contributed by atoms with Gasteiger partial charge in [0, 0.05) is 10.9 Å². The highest BCUT2D eigenvalue weighted by molar-refractivity contribution is 5.93. The zero-order valence-corrected chi connectivity index (χ0v) is 7.77. The predicted octanol–water partition coefficient (Wildman–Crippen LogP) is 2.43. The van der Waals surface area contributed by atoms with E-state index in [-0.39, 0.29) is 23.9 Å². The molecule has 0 atom stereocenters. The van der Waals surface area contributed by atoms with Crippen molar-refractivity contribution < 1.29 is 14.3 Å². The highest BCUT2D eigenvalue weighted by Gasteiger charge is 2.06. The first-order valence-electron chi connectivity index (χ1n) is 3.68. The maximum atomic E-state index is 12.7. The van der Waals surface area contributed by atoms with Gasteiger partial charge in [-0.2, -0.15) is 0 Å². The maximum Gasteiger partial charge on any atom is 0.352 e. The lowest BCUT2D eigenvalue weighted by Crippen LogP contribution is -1.94. The average molecular weight is 216 g/mol. The van der Waals surface area contributed by atoms with Crippen LogP contribution in [0.15, 0.2) is 24.3 Å². The minimum absolute atomic E-state index is 0. The number of carbonyl (C=O) groups is 1. The third kappa shape index (κ3) is 1.70. The van der Waals surface area contributed by atoms with Crippen molar-refractivity contribution in [1.82, 2.24) is 4.98 Å². The molecule has 0 spiro atoms. The van der Waals surface area contributed by atoms with Gasteiger partial charge in [-0.1, -0.05) is 0 Å². The van der Waals surface area contributed by atoms with Gasteiger partial charge in [0.25, 0.3) is 0 Å². The molecule has 2 N–H and O–H groups in total. The van der Waals surface area contributed by atoms with Crippen molar-refractivity contribution in [2.45, 2.75) is 0 Å². The van der Waals surface area contributed by atoms with Crippen molar-refractivity contribution in [3.05, 3.63) is 35.8 Å². The van der Waals surface area contributed by atoms with Crippen LogP contribution >= 0.6 is 12.4 Å². The molecule has 0 aliphatic heterocycles. The van der Waals surface area contributed by atoms with E-state index in [1.165, 1.54) is 24.3 Å². The molecule has 74 valence electrons. The molecule has 14 heavy (non-hydrogen) atoms. The van der Waals surface area contributed by atoms with Gasteiger partial charge in [-0.25, -0.2) is 9.18 Å². The monoisotopic (exact) mass is 215 g/mol. The summed E-state index contributed by atoms with van der Waals surface area (Å²) in [5.41, 5.74) is 0.694. The Morgan fingerprint density at radius 2 is 2.07 bits per heavy atom. The Bertz CT molecular complexity index is 481. The van der Waals surface area contributed by atoms with Crippen molar-refractivity contribution in [1.29, 1.82) is 0 Å². The number of benzene rings is 1. The number of halogens is 2. The lowest BCUT2D eigenvalue weighted by molar-refractivity contribution is 0.0691. The molecule has 3 nitrogen and oxygen atoms in total. The van der Waals surface area contributed by atoms with E-state index >= 15 is 0 Å². The Hall–Kier alpha value is -1.55. The fourth-order valence-electron chi connectivity index (χ4n) is 1.22. The second-order valence-electron chi connectivity index (χ2n) is 2.72. The number of aromatic carboxylic acids is 1. The van der Waals surface area contributed by atoms with Crippen molar-refractivity contribution in [3.63, 3.8) is 0 Å². The lowest BCUT2D eigenvalue weighted by Gasteiger charge is -1.87. The normalized spacial score (nSPS) is 9.79. The van der Waals surface area contributed by atoms with Crippen molar-refractivity contribution >= 4 is 29.3 Å². The molecular weight excluding hydrogens is 209 g/mol.